The quantitative estimate of drug-likeness (QED) is 0.187. The highest BCUT2D eigenvalue weighted by Crippen LogP contribution is 2.31. The van der Waals surface area contributed by atoms with Gasteiger partial charge in [0.05, 0.1) is 39.4 Å². The summed E-state index contributed by atoms with van der Waals surface area (Å²) >= 11 is 13.3. The number of aromatic amines is 1. The molecule has 1 unspecified atom stereocenters. The van der Waals surface area contributed by atoms with Crippen molar-refractivity contribution in [3.8, 4) is 28.4 Å². The first-order chi connectivity index (χ1) is 18.8. The average molecular weight is 581 g/mol. The lowest BCUT2D eigenvalue weighted by atomic mass is 10.2. The van der Waals surface area contributed by atoms with E-state index in [-0.39, 0.29) is 6.42 Å². The van der Waals surface area contributed by atoms with Crippen LogP contribution in [-0.2, 0) is 9.53 Å². The lowest BCUT2D eigenvalue weighted by molar-refractivity contribution is -0.124. The van der Waals surface area contributed by atoms with Crippen LogP contribution >= 0.6 is 34.5 Å². The molecular weight excluding hydrogens is 559 g/mol. The Morgan fingerprint density at radius 1 is 1.00 bits per heavy atom. The zero-order valence-electron chi connectivity index (χ0n) is 20.8. The van der Waals surface area contributed by atoms with Crippen LogP contribution in [0.1, 0.15) is 23.7 Å². The number of carbonyl (C=O) groups is 2. The van der Waals surface area contributed by atoms with Crippen molar-refractivity contribution in [2.24, 2.45) is 0 Å². The standard InChI is InChI=1S/C28H22Cl2N4O4S/c1-3-24(26(35)34-28-33-23(14-39-28)16-6-10-19(29)20(30)12-16)38-27(36)17-7-11-21-22(13-17)32-25(31-21)15-4-8-18(37-2)9-5-15/h4-14,24H,3H2,1-2H3,(H,31,32)(H,33,34,35). The Morgan fingerprint density at radius 3 is 2.49 bits per heavy atom. The number of fused-ring (bicyclic) bond motifs is 1. The number of aromatic nitrogens is 3. The Morgan fingerprint density at radius 2 is 1.77 bits per heavy atom. The fourth-order valence-corrected chi connectivity index (χ4v) is 4.87. The minimum atomic E-state index is -0.998. The van der Waals surface area contributed by atoms with Crippen LogP contribution in [-0.4, -0.2) is 40.0 Å². The number of thiazole rings is 1. The van der Waals surface area contributed by atoms with E-state index in [2.05, 4.69) is 20.3 Å². The van der Waals surface area contributed by atoms with E-state index in [1.54, 1.807) is 55.8 Å². The van der Waals surface area contributed by atoms with Crippen LogP contribution in [0, 0.1) is 0 Å². The summed E-state index contributed by atoms with van der Waals surface area (Å²) in [6, 6.07) is 17.7. The first-order valence-electron chi connectivity index (χ1n) is 11.9. The van der Waals surface area contributed by atoms with E-state index in [0.29, 0.717) is 43.3 Å². The third-order valence-electron chi connectivity index (χ3n) is 5.94. The molecule has 5 aromatic rings. The van der Waals surface area contributed by atoms with Crippen LogP contribution in [0.2, 0.25) is 10.0 Å². The first kappa shape index (κ1) is 26.7. The van der Waals surface area contributed by atoms with Crippen molar-refractivity contribution in [2.75, 3.05) is 12.4 Å². The highest BCUT2D eigenvalue weighted by molar-refractivity contribution is 7.14. The van der Waals surface area contributed by atoms with Gasteiger partial charge in [-0.2, -0.15) is 0 Å². The van der Waals surface area contributed by atoms with Crippen LogP contribution < -0.4 is 10.1 Å². The number of nitrogens with zero attached hydrogens (tertiary/aromatic N) is 2. The minimum Gasteiger partial charge on any atom is -0.497 e. The van der Waals surface area contributed by atoms with Crippen molar-refractivity contribution >= 4 is 62.6 Å². The van der Waals surface area contributed by atoms with Gasteiger partial charge in [0.15, 0.2) is 11.2 Å². The first-order valence-corrected chi connectivity index (χ1v) is 13.5. The fourth-order valence-electron chi connectivity index (χ4n) is 3.85. The van der Waals surface area contributed by atoms with Gasteiger partial charge in [-0.05, 0) is 61.0 Å². The van der Waals surface area contributed by atoms with Crippen molar-refractivity contribution < 1.29 is 19.1 Å². The van der Waals surface area contributed by atoms with E-state index in [4.69, 9.17) is 32.7 Å². The summed E-state index contributed by atoms with van der Waals surface area (Å²) in [5.74, 6) is 0.323. The number of methoxy groups -OCH3 is 1. The van der Waals surface area contributed by atoms with E-state index in [0.717, 1.165) is 16.9 Å². The SMILES string of the molecule is CCC(OC(=O)c1ccc2nc(-c3ccc(OC)cc3)[nH]c2c1)C(=O)Nc1nc(-c2ccc(Cl)c(Cl)c2)cs1. The van der Waals surface area contributed by atoms with Crippen molar-refractivity contribution in [1.82, 2.24) is 15.0 Å². The van der Waals surface area contributed by atoms with Gasteiger partial charge < -0.3 is 14.5 Å². The molecule has 0 fully saturated rings. The zero-order valence-corrected chi connectivity index (χ0v) is 23.2. The third kappa shape index (κ3) is 5.90. The largest absolute Gasteiger partial charge is 0.497 e. The second kappa shape index (κ2) is 11.4. The van der Waals surface area contributed by atoms with Crippen LogP contribution in [0.25, 0.3) is 33.7 Å². The topological polar surface area (TPSA) is 106 Å². The number of carbonyl (C=O) groups excluding carboxylic acids is 2. The van der Waals surface area contributed by atoms with E-state index in [9.17, 15) is 9.59 Å². The Balaban J connectivity index is 1.26. The number of anilines is 1. The summed E-state index contributed by atoms with van der Waals surface area (Å²) in [6.07, 6.45) is -0.710. The Kier molecular flexibility index (Phi) is 7.83. The molecule has 0 saturated heterocycles. The van der Waals surface area contributed by atoms with Crippen molar-refractivity contribution in [3.05, 3.63) is 81.7 Å². The second-order valence-electron chi connectivity index (χ2n) is 8.50. The third-order valence-corrected chi connectivity index (χ3v) is 7.44. The second-order valence-corrected chi connectivity index (χ2v) is 10.2. The summed E-state index contributed by atoms with van der Waals surface area (Å²) < 4.78 is 10.8. The van der Waals surface area contributed by atoms with Gasteiger partial charge in [-0.1, -0.05) is 36.2 Å². The number of imidazole rings is 1. The molecule has 0 aliphatic rings. The summed E-state index contributed by atoms with van der Waals surface area (Å²) in [6.45, 7) is 1.76. The molecule has 0 saturated carbocycles. The van der Waals surface area contributed by atoms with Crippen molar-refractivity contribution in [1.29, 1.82) is 0 Å². The van der Waals surface area contributed by atoms with E-state index in [1.807, 2.05) is 24.3 Å². The molecule has 1 amide bonds. The molecule has 198 valence electrons. The van der Waals surface area contributed by atoms with Gasteiger partial charge in [-0.25, -0.2) is 14.8 Å². The van der Waals surface area contributed by atoms with Gasteiger partial charge in [-0.3, -0.25) is 10.1 Å². The Labute approximate surface area is 237 Å². The molecule has 2 heterocycles. The van der Waals surface area contributed by atoms with Crippen LogP contribution in [0.4, 0.5) is 5.13 Å². The number of rotatable bonds is 8. The average Bonchev–Trinajstić information content (AvgIpc) is 3.60. The molecular formula is C28H22Cl2N4O4S. The maximum Gasteiger partial charge on any atom is 0.338 e. The molecule has 0 spiro atoms. The van der Waals surface area contributed by atoms with Crippen molar-refractivity contribution in [3.63, 3.8) is 0 Å². The number of esters is 1. The summed E-state index contributed by atoms with van der Waals surface area (Å²) in [4.78, 5) is 38.1. The van der Waals surface area contributed by atoms with E-state index >= 15 is 0 Å². The van der Waals surface area contributed by atoms with Gasteiger partial charge in [0.2, 0.25) is 0 Å². The molecule has 1 atom stereocenters. The molecule has 5 rings (SSSR count). The van der Waals surface area contributed by atoms with Crippen LogP contribution in [0.3, 0.4) is 0 Å². The molecule has 2 N–H and O–H groups in total. The number of H-pyrrole nitrogens is 1. The molecule has 0 aliphatic heterocycles. The number of hydrogen-bond acceptors (Lipinski definition) is 7. The Hall–Kier alpha value is -3.92. The van der Waals surface area contributed by atoms with Crippen LogP contribution in [0.5, 0.6) is 5.75 Å². The highest BCUT2D eigenvalue weighted by Gasteiger charge is 2.23. The lowest BCUT2D eigenvalue weighted by Gasteiger charge is -2.15. The number of hydrogen-bond donors (Lipinski definition) is 2. The highest BCUT2D eigenvalue weighted by atomic mass is 35.5. The molecule has 8 nitrogen and oxygen atoms in total. The number of halogens is 2. The number of amides is 1. The van der Waals surface area contributed by atoms with Gasteiger partial charge in [0, 0.05) is 16.5 Å². The molecule has 0 aliphatic carbocycles. The molecule has 3 aromatic carbocycles. The summed E-state index contributed by atoms with van der Waals surface area (Å²) in [7, 11) is 1.61. The minimum absolute atomic E-state index is 0.288. The smallest absolute Gasteiger partial charge is 0.338 e. The predicted octanol–water partition coefficient (Wildman–Crippen LogP) is 7.24. The van der Waals surface area contributed by atoms with Gasteiger partial charge >= 0.3 is 5.97 Å². The fraction of sp³-hybridized carbons (Fsp3) is 0.143. The van der Waals surface area contributed by atoms with Crippen molar-refractivity contribution in [2.45, 2.75) is 19.4 Å². The molecule has 0 radical (unpaired) electrons. The predicted molar refractivity (Wildman–Crippen MR) is 154 cm³/mol. The van der Waals surface area contributed by atoms with E-state index < -0.39 is 18.0 Å². The number of nitrogens with one attached hydrogen (secondary N) is 2. The zero-order chi connectivity index (χ0) is 27.5. The summed E-state index contributed by atoms with van der Waals surface area (Å²) in [5, 5.41) is 5.76. The monoisotopic (exact) mass is 580 g/mol. The maximum absolute atomic E-state index is 12.9. The Bertz CT molecular complexity index is 1670. The lowest BCUT2D eigenvalue weighted by Crippen LogP contribution is -2.32. The number of benzene rings is 3. The molecule has 0 bridgehead atoms. The van der Waals surface area contributed by atoms with Gasteiger partial charge in [0.25, 0.3) is 5.91 Å². The normalized spacial score (nSPS) is 11.8. The summed E-state index contributed by atoms with van der Waals surface area (Å²) in [5.41, 5.74) is 3.96. The number of ether oxygens (including phenoxy) is 2. The molecule has 39 heavy (non-hydrogen) atoms. The van der Waals surface area contributed by atoms with E-state index in [1.165, 1.54) is 11.3 Å². The van der Waals surface area contributed by atoms with Gasteiger partial charge in [-0.15, -0.1) is 11.3 Å². The molecule has 11 heteroatoms. The van der Waals surface area contributed by atoms with Crippen LogP contribution in [0.15, 0.2) is 66.0 Å². The molecule has 2 aromatic heterocycles. The van der Waals surface area contributed by atoms with Gasteiger partial charge in [0.1, 0.15) is 11.6 Å². The maximum atomic E-state index is 12.9.